The van der Waals surface area contributed by atoms with E-state index in [1.54, 1.807) is 0 Å². The van der Waals surface area contributed by atoms with Crippen molar-refractivity contribution in [2.75, 3.05) is 0 Å². The zero-order valence-corrected chi connectivity index (χ0v) is 11.7. The molecule has 2 heterocycles. The number of nitrogens with zero attached hydrogens (tertiary/aromatic N) is 1. The van der Waals surface area contributed by atoms with Crippen LogP contribution in [-0.4, -0.2) is 4.98 Å². The fourth-order valence-corrected chi connectivity index (χ4v) is 2.91. The molecule has 0 spiro atoms. The minimum Gasteiger partial charge on any atom is -0.456 e. The van der Waals surface area contributed by atoms with Gasteiger partial charge in [0.1, 0.15) is 11.5 Å². The third kappa shape index (κ3) is 1.69. The second-order valence-corrected chi connectivity index (χ2v) is 5.55. The molecule has 0 radical (unpaired) electrons. The molecular formula is C17H12ClNO. The van der Waals surface area contributed by atoms with Crippen molar-refractivity contribution in [3.8, 4) is 11.5 Å². The van der Waals surface area contributed by atoms with Crippen LogP contribution < -0.4 is 4.74 Å². The first-order valence-electron chi connectivity index (χ1n) is 6.56. The number of aryl methyl sites for hydroxylation is 1. The van der Waals surface area contributed by atoms with Gasteiger partial charge in [0, 0.05) is 28.6 Å². The summed E-state index contributed by atoms with van der Waals surface area (Å²) in [6, 6.07) is 11.9. The summed E-state index contributed by atoms with van der Waals surface area (Å²) in [5, 5.41) is 1.68. The molecule has 3 aromatic rings. The average Bonchev–Trinajstić information content (AvgIpc) is 2.46. The van der Waals surface area contributed by atoms with Gasteiger partial charge in [-0.2, -0.15) is 0 Å². The molecule has 98 valence electrons. The van der Waals surface area contributed by atoms with Crippen molar-refractivity contribution in [2.45, 2.75) is 13.3 Å². The summed E-state index contributed by atoms with van der Waals surface area (Å²) in [6.07, 6.45) is 2.75. The fourth-order valence-electron chi connectivity index (χ4n) is 2.73. The largest absolute Gasteiger partial charge is 0.456 e. The highest BCUT2D eigenvalue weighted by atomic mass is 35.5. The molecule has 0 aliphatic carbocycles. The standard InChI is InChI=1S/C17H12ClNO/c1-10-3-2-4-11-7-12-9-19-15-6-5-13(18)8-14(15)17(12)20-16(10)11/h2-6,8-9H,7H2,1H3. The summed E-state index contributed by atoms with van der Waals surface area (Å²) in [5.74, 6) is 1.85. The number of fused-ring (bicyclic) bond motifs is 4. The molecule has 0 amide bonds. The van der Waals surface area contributed by atoms with Gasteiger partial charge in [0.05, 0.1) is 5.52 Å². The Labute approximate surface area is 122 Å². The van der Waals surface area contributed by atoms with E-state index in [0.717, 1.165) is 39.9 Å². The van der Waals surface area contributed by atoms with E-state index < -0.39 is 0 Å². The Kier molecular flexibility index (Phi) is 2.48. The summed E-state index contributed by atoms with van der Waals surface area (Å²) in [7, 11) is 0. The van der Waals surface area contributed by atoms with Gasteiger partial charge in [0.25, 0.3) is 0 Å². The molecule has 1 aromatic heterocycles. The van der Waals surface area contributed by atoms with Gasteiger partial charge in [-0.3, -0.25) is 4.98 Å². The van der Waals surface area contributed by atoms with E-state index in [-0.39, 0.29) is 0 Å². The zero-order valence-electron chi connectivity index (χ0n) is 11.0. The number of para-hydroxylation sites is 1. The topological polar surface area (TPSA) is 22.1 Å². The van der Waals surface area contributed by atoms with E-state index in [1.165, 1.54) is 5.56 Å². The number of benzene rings is 2. The normalized spacial score (nSPS) is 12.7. The van der Waals surface area contributed by atoms with Crippen LogP contribution in [0.15, 0.2) is 42.6 Å². The molecule has 0 unspecified atom stereocenters. The minimum absolute atomic E-state index is 0.701. The molecule has 0 bridgehead atoms. The molecule has 4 rings (SSSR count). The molecule has 1 aliphatic heterocycles. The summed E-state index contributed by atoms with van der Waals surface area (Å²) in [4.78, 5) is 4.49. The Hall–Kier alpha value is -2.06. The second-order valence-electron chi connectivity index (χ2n) is 5.12. The van der Waals surface area contributed by atoms with E-state index >= 15 is 0 Å². The Bertz CT molecular complexity index is 842. The summed E-state index contributed by atoms with van der Waals surface area (Å²) < 4.78 is 6.18. The first-order valence-corrected chi connectivity index (χ1v) is 6.93. The molecule has 2 nitrogen and oxygen atoms in total. The molecule has 0 saturated carbocycles. The van der Waals surface area contributed by atoms with Gasteiger partial charge in [0.15, 0.2) is 0 Å². The lowest BCUT2D eigenvalue weighted by Crippen LogP contribution is -2.05. The van der Waals surface area contributed by atoms with Crippen molar-refractivity contribution in [1.82, 2.24) is 4.98 Å². The first-order chi connectivity index (χ1) is 9.72. The van der Waals surface area contributed by atoms with Crippen LogP contribution >= 0.6 is 11.6 Å². The predicted molar refractivity (Wildman–Crippen MR) is 80.8 cm³/mol. The maximum atomic E-state index is 6.18. The van der Waals surface area contributed by atoms with Gasteiger partial charge in [-0.15, -0.1) is 0 Å². The number of aromatic nitrogens is 1. The van der Waals surface area contributed by atoms with Crippen molar-refractivity contribution in [3.05, 3.63) is 64.3 Å². The van der Waals surface area contributed by atoms with E-state index in [9.17, 15) is 0 Å². The molecule has 0 fully saturated rings. The van der Waals surface area contributed by atoms with Crippen molar-refractivity contribution < 1.29 is 4.74 Å². The van der Waals surface area contributed by atoms with Crippen LogP contribution in [0.2, 0.25) is 5.02 Å². The molecule has 0 N–H and O–H groups in total. The molecular weight excluding hydrogens is 270 g/mol. The summed E-state index contributed by atoms with van der Waals surface area (Å²) in [6.45, 7) is 2.07. The van der Waals surface area contributed by atoms with Gasteiger partial charge in [-0.25, -0.2) is 0 Å². The van der Waals surface area contributed by atoms with Crippen LogP contribution in [0.3, 0.4) is 0 Å². The zero-order chi connectivity index (χ0) is 13.7. The van der Waals surface area contributed by atoms with E-state index in [4.69, 9.17) is 16.3 Å². The molecule has 0 atom stereocenters. The molecule has 3 heteroatoms. The van der Waals surface area contributed by atoms with E-state index in [0.29, 0.717) is 5.02 Å². The fraction of sp³-hybridized carbons (Fsp3) is 0.118. The number of hydrogen-bond acceptors (Lipinski definition) is 2. The first kappa shape index (κ1) is 11.7. The summed E-state index contributed by atoms with van der Waals surface area (Å²) >= 11 is 6.11. The van der Waals surface area contributed by atoms with Gasteiger partial charge >= 0.3 is 0 Å². The Morgan fingerprint density at radius 3 is 2.90 bits per heavy atom. The smallest absolute Gasteiger partial charge is 0.141 e. The SMILES string of the molecule is Cc1cccc2c1Oc1c(cnc3ccc(Cl)cc13)C2. The van der Waals surface area contributed by atoms with Gasteiger partial charge in [-0.1, -0.05) is 29.8 Å². The highest BCUT2D eigenvalue weighted by molar-refractivity contribution is 6.31. The van der Waals surface area contributed by atoms with Crippen molar-refractivity contribution in [3.63, 3.8) is 0 Å². The lowest BCUT2D eigenvalue weighted by molar-refractivity contribution is 0.461. The van der Waals surface area contributed by atoms with Gasteiger partial charge in [-0.05, 0) is 36.2 Å². The third-order valence-corrected chi connectivity index (χ3v) is 3.97. The predicted octanol–water partition coefficient (Wildman–Crippen LogP) is 4.89. The Morgan fingerprint density at radius 1 is 1.10 bits per heavy atom. The highest BCUT2D eigenvalue weighted by Crippen LogP contribution is 2.42. The molecule has 2 aromatic carbocycles. The Balaban J connectivity index is 1.98. The summed E-state index contributed by atoms with van der Waals surface area (Å²) in [5.41, 5.74) is 4.38. The number of pyridine rings is 1. The highest BCUT2D eigenvalue weighted by Gasteiger charge is 2.21. The lowest BCUT2D eigenvalue weighted by atomic mass is 9.98. The molecule has 0 saturated heterocycles. The molecule has 1 aliphatic rings. The third-order valence-electron chi connectivity index (χ3n) is 3.73. The van der Waals surface area contributed by atoms with Crippen LogP contribution in [0.5, 0.6) is 11.5 Å². The number of rotatable bonds is 0. The maximum Gasteiger partial charge on any atom is 0.141 e. The van der Waals surface area contributed by atoms with Gasteiger partial charge < -0.3 is 4.74 Å². The van der Waals surface area contributed by atoms with E-state index in [1.807, 2.05) is 24.4 Å². The van der Waals surface area contributed by atoms with Crippen molar-refractivity contribution in [1.29, 1.82) is 0 Å². The average molecular weight is 282 g/mol. The maximum absolute atomic E-state index is 6.18. The lowest BCUT2D eigenvalue weighted by Gasteiger charge is -2.22. The minimum atomic E-state index is 0.701. The number of hydrogen-bond donors (Lipinski definition) is 0. The number of ether oxygens (including phenoxy) is 1. The van der Waals surface area contributed by atoms with E-state index in [2.05, 4.69) is 30.1 Å². The van der Waals surface area contributed by atoms with Gasteiger partial charge in [0.2, 0.25) is 0 Å². The quantitative estimate of drug-likeness (QED) is 0.458. The number of halogens is 1. The Morgan fingerprint density at radius 2 is 2.00 bits per heavy atom. The van der Waals surface area contributed by atoms with Crippen molar-refractivity contribution in [2.24, 2.45) is 0 Å². The monoisotopic (exact) mass is 281 g/mol. The van der Waals surface area contributed by atoms with Crippen LogP contribution in [0, 0.1) is 6.92 Å². The van der Waals surface area contributed by atoms with Crippen LogP contribution in [0.4, 0.5) is 0 Å². The van der Waals surface area contributed by atoms with Crippen molar-refractivity contribution >= 4 is 22.5 Å². The second kappa shape index (κ2) is 4.22. The van der Waals surface area contributed by atoms with Crippen LogP contribution in [-0.2, 0) is 6.42 Å². The van der Waals surface area contributed by atoms with Crippen LogP contribution in [0.25, 0.3) is 10.9 Å². The van der Waals surface area contributed by atoms with Crippen LogP contribution in [0.1, 0.15) is 16.7 Å². The molecule has 20 heavy (non-hydrogen) atoms.